The molecule has 2 N–H and O–H groups in total. The quantitative estimate of drug-likeness (QED) is 0.0982. The fourth-order valence-corrected chi connectivity index (χ4v) is 9.55. The number of hydrogen-bond acceptors (Lipinski definition) is 13. The van der Waals surface area contributed by atoms with Gasteiger partial charge in [-0.2, -0.15) is 5.10 Å². The number of para-hydroxylation sites is 1. The molecule has 17 nitrogen and oxygen atoms in total. The zero-order valence-electron chi connectivity index (χ0n) is 35.7. The number of hydrogen-bond donors (Lipinski definition) is 2. The summed E-state index contributed by atoms with van der Waals surface area (Å²) in [5.41, 5.74) is 6.50. The van der Waals surface area contributed by atoms with Crippen LogP contribution in [0.4, 0.5) is 11.4 Å². The summed E-state index contributed by atoms with van der Waals surface area (Å²) >= 11 is 0. The zero-order valence-corrected chi connectivity index (χ0v) is 36.5. The van der Waals surface area contributed by atoms with Crippen molar-refractivity contribution in [3.8, 4) is 33.8 Å². The maximum absolute atomic E-state index is 13.3. The molecule has 6 heterocycles. The average Bonchev–Trinajstić information content (AvgIpc) is 3.86. The molecule has 2 fully saturated rings. The van der Waals surface area contributed by atoms with E-state index in [0.717, 1.165) is 76.8 Å². The summed E-state index contributed by atoms with van der Waals surface area (Å²) in [5, 5.41) is 7.99. The summed E-state index contributed by atoms with van der Waals surface area (Å²) in [5.74, 6) is -1.33. The second-order valence-electron chi connectivity index (χ2n) is 16.1. The van der Waals surface area contributed by atoms with Crippen LogP contribution in [-0.4, -0.2) is 126 Å². The van der Waals surface area contributed by atoms with Gasteiger partial charge < -0.3 is 14.4 Å². The van der Waals surface area contributed by atoms with E-state index in [-0.39, 0.29) is 29.7 Å². The Bertz CT molecular complexity index is 2880. The number of nitrogens with one attached hydrogen (secondary N) is 2. The van der Waals surface area contributed by atoms with Crippen LogP contribution in [-0.2, 0) is 24.3 Å². The molecular formula is C47H47N9O8S. The summed E-state index contributed by atoms with van der Waals surface area (Å²) < 4.78 is 41.5. The number of carbonyl (C=O) groups excluding carboxylic acids is 4. The first-order valence-electron chi connectivity index (χ1n) is 21.6. The Balaban J connectivity index is 0.757. The third-order valence-electron chi connectivity index (χ3n) is 11.7. The SMILES string of the molecule is CCCS(=O)(=O)Nc1cccc2cc(-c3cn(-c4ccc(OCCOCCN5CCN(c6ccc7c(c6)C(=O)N(C6CCC(=O)NC6=O)C7=O)CC5)cc4)nc3-c3ccncc3)cnc12. The van der Waals surface area contributed by atoms with E-state index in [0.29, 0.717) is 43.2 Å². The van der Waals surface area contributed by atoms with Crippen molar-refractivity contribution in [1.29, 1.82) is 0 Å². The van der Waals surface area contributed by atoms with Gasteiger partial charge in [0.2, 0.25) is 21.8 Å². The molecule has 4 amide bonds. The van der Waals surface area contributed by atoms with Crippen LogP contribution in [0.3, 0.4) is 0 Å². The number of amides is 4. The van der Waals surface area contributed by atoms with Crippen LogP contribution in [0.2, 0.25) is 0 Å². The molecule has 0 spiro atoms. The van der Waals surface area contributed by atoms with Crippen LogP contribution in [0.15, 0.2) is 104 Å². The molecule has 0 aliphatic carbocycles. The van der Waals surface area contributed by atoms with E-state index >= 15 is 0 Å². The van der Waals surface area contributed by atoms with Gasteiger partial charge in [-0.25, -0.2) is 13.1 Å². The van der Waals surface area contributed by atoms with E-state index in [1.54, 1.807) is 36.8 Å². The number of carbonyl (C=O) groups is 4. The fourth-order valence-electron chi connectivity index (χ4n) is 8.41. The average molecular weight is 898 g/mol. The van der Waals surface area contributed by atoms with E-state index in [1.807, 2.05) is 78.5 Å². The summed E-state index contributed by atoms with van der Waals surface area (Å²) in [6, 6.07) is 23.1. The highest BCUT2D eigenvalue weighted by Crippen LogP contribution is 2.35. The number of nitrogens with zero attached hydrogens (tertiary/aromatic N) is 7. The molecule has 18 heteroatoms. The van der Waals surface area contributed by atoms with Crippen molar-refractivity contribution >= 4 is 55.9 Å². The van der Waals surface area contributed by atoms with Gasteiger partial charge >= 0.3 is 0 Å². The standard InChI is InChI=1S/C47H47N9O8S/c1-2-26-65(61,62)52-40-5-3-4-32-27-33(29-49-44(32)40)39-30-55(51-43(39)31-14-16-48-17-15-31)34-6-9-36(10-7-34)64-25-24-63-23-22-53-18-20-54(21-19-53)35-8-11-37-38(28-35)47(60)56(46(37)59)41-12-13-42(57)50-45(41)58/h3-11,14-17,27-30,41,52H,2,12-13,18-26H2,1H3,(H,50,57,58). The van der Waals surface area contributed by atoms with E-state index in [1.165, 1.54) is 0 Å². The molecule has 3 aromatic carbocycles. The lowest BCUT2D eigenvalue weighted by molar-refractivity contribution is -0.136. The highest BCUT2D eigenvalue weighted by molar-refractivity contribution is 7.92. The molecule has 1 unspecified atom stereocenters. The summed E-state index contributed by atoms with van der Waals surface area (Å²) in [4.78, 5) is 64.8. The zero-order chi connectivity index (χ0) is 45.1. The smallest absolute Gasteiger partial charge is 0.262 e. The molecule has 2 saturated heterocycles. The number of fused-ring (bicyclic) bond motifs is 2. The minimum absolute atomic E-state index is 0.0252. The number of benzene rings is 3. The van der Waals surface area contributed by atoms with Gasteiger partial charge in [-0.1, -0.05) is 19.1 Å². The van der Waals surface area contributed by atoms with Crippen LogP contribution in [0.5, 0.6) is 5.75 Å². The lowest BCUT2D eigenvalue weighted by atomic mass is 10.0. The summed E-state index contributed by atoms with van der Waals surface area (Å²) in [6.45, 7) is 6.98. The van der Waals surface area contributed by atoms with Gasteiger partial charge in [-0.15, -0.1) is 0 Å². The number of piperidine rings is 1. The fraction of sp³-hybridized carbons (Fsp3) is 0.298. The number of piperazine rings is 1. The van der Waals surface area contributed by atoms with Crippen molar-refractivity contribution in [2.24, 2.45) is 0 Å². The van der Waals surface area contributed by atoms with Crippen molar-refractivity contribution in [1.82, 2.24) is 34.9 Å². The largest absolute Gasteiger partial charge is 0.491 e. The maximum atomic E-state index is 13.3. The van der Waals surface area contributed by atoms with Gasteiger partial charge in [-0.3, -0.25) is 49.0 Å². The van der Waals surface area contributed by atoms with Gasteiger partial charge in [0.15, 0.2) is 0 Å². The van der Waals surface area contributed by atoms with Gasteiger partial charge in [0, 0.05) is 91.7 Å². The third kappa shape index (κ3) is 9.31. The number of ether oxygens (including phenoxy) is 2. The molecule has 6 aromatic rings. The van der Waals surface area contributed by atoms with Crippen molar-refractivity contribution < 1.29 is 37.1 Å². The number of imide groups is 2. The maximum Gasteiger partial charge on any atom is 0.262 e. The van der Waals surface area contributed by atoms with Gasteiger partial charge in [-0.05, 0) is 79.6 Å². The molecule has 9 rings (SSSR count). The minimum atomic E-state index is -3.49. The second kappa shape index (κ2) is 18.6. The van der Waals surface area contributed by atoms with E-state index in [9.17, 15) is 27.6 Å². The van der Waals surface area contributed by atoms with Gasteiger partial charge in [0.05, 0.1) is 47.0 Å². The third-order valence-corrected chi connectivity index (χ3v) is 13.2. The first-order valence-corrected chi connectivity index (χ1v) is 23.2. The number of anilines is 2. The molecule has 1 atom stereocenters. The highest BCUT2D eigenvalue weighted by atomic mass is 32.2. The number of pyridine rings is 2. The lowest BCUT2D eigenvalue weighted by Gasteiger charge is -2.36. The highest BCUT2D eigenvalue weighted by Gasteiger charge is 2.44. The Morgan fingerprint density at radius 1 is 0.815 bits per heavy atom. The Kier molecular flexibility index (Phi) is 12.4. The van der Waals surface area contributed by atoms with Gasteiger partial charge in [0.25, 0.3) is 11.8 Å². The van der Waals surface area contributed by atoms with E-state index < -0.39 is 39.7 Å². The van der Waals surface area contributed by atoms with Crippen molar-refractivity contribution in [3.05, 3.63) is 115 Å². The normalized spacial score (nSPS) is 16.8. The molecule has 0 bridgehead atoms. The molecule has 65 heavy (non-hydrogen) atoms. The molecule has 0 radical (unpaired) electrons. The van der Waals surface area contributed by atoms with Gasteiger partial charge in [0.1, 0.15) is 24.1 Å². The Morgan fingerprint density at radius 2 is 1.58 bits per heavy atom. The monoisotopic (exact) mass is 897 g/mol. The Labute approximate surface area is 375 Å². The van der Waals surface area contributed by atoms with Crippen molar-refractivity contribution in [2.45, 2.75) is 32.2 Å². The first-order chi connectivity index (χ1) is 31.5. The molecule has 3 aliphatic rings. The number of aromatic nitrogens is 4. The first kappa shape index (κ1) is 43.2. The van der Waals surface area contributed by atoms with Crippen LogP contribution in [0, 0.1) is 0 Å². The predicted octanol–water partition coefficient (Wildman–Crippen LogP) is 4.92. The van der Waals surface area contributed by atoms with Crippen LogP contribution >= 0.6 is 0 Å². The van der Waals surface area contributed by atoms with Crippen molar-refractivity contribution in [3.63, 3.8) is 0 Å². The van der Waals surface area contributed by atoms with Crippen LogP contribution in [0.1, 0.15) is 46.9 Å². The molecule has 0 saturated carbocycles. The summed E-state index contributed by atoms with van der Waals surface area (Å²) in [7, 11) is -3.49. The molecule has 3 aliphatic heterocycles. The van der Waals surface area contributed by atoms with Crippen LogP contribution < -0.4 is 19.7 Å². The Hall–Kier alpha value is -7.02. The molecule has 334 valence electrons. The minimum Gasteiger partial charge on any atom is -0.491 e. The predicted molar refractivity (Wildman–Crippen MR) is 243 cm³/mol. The van der Waals surface area contributed by atoms with Crippen molar-refractivity contribution in [2.75, 3.05) is 67.9 Å². The molecular weight excluding hydrogens is 851 g/mol. The van der Waals surface area contributed by atoms with E-state index in [4.69, 9.17) is 19.6 Å². The Morgan fingerprint density at radius 3 is 2.35 bits per heavy atom. The van der Waals surface area contributed by atoms with Crippen LogP contribution in [0.25, 0.3) is 39.0 Å². The second-order valence-corrected chi connectivity index (χ2v) is 17.9. The lowest BCUT2D eigenvalue weighted by Crippen LogP contribution is -2.54. The summed E-state index contributed by atoms with van der Waals surface area (Å²) in [6.07, 6.45) is 7.84. The number of rotatable bonds is 16. The topological polar surface area (TPSA) is 198 Å². The van der Waals surface area contributed by atoms with E-state index in [2.05, 4.69) is 24.8 Å². The number of sulfonamides is 1. The molecule has 3 aromatic heterocycles.